The van der Waals surface area contributed by atoms with E-state index in [1.54, 1.807) is 42.9 Å². The molecule has 31 heavy (non-hydrogen) atoms. The molecule has 10 heteroatoms. The monoisotopic (exact) mass is 473 g/mol. The summed E-state index contributed by atoms with van der Waals surface area (Å²) in [5.41, 5.74) is 2.51. The van der Waals surface area contributed by atoms with Crippen LogP contribution in [0.3, 0.4) is 0 Å². The number of hydrogen-bond acceptors (Lipinski definition) is 5. The molecule has 2 aromatic heterocycles. The molecule has 2 heterocycles. The maximum absolute atomic E-state index is 11.0. The minimum Gasteiger partial charge on any atom is -0.337 e. The molecule has 0 N–H and O–H groups in total. The Morgan fingerprint density at radius 1 is 1.13 bits per heavy atom. The number of aryl methyl sites for hydroxylation is 1. The van der Waals surface area contributed by atoms with Gasteiger partial charge in [0.15, 0.2) is 4.80 Å². The number of benzene rings is 2. The smallest absolute Gasteiger partial charge is 0.269 e. The van der Waals surface area contributed by atoms with E-state index in [0.29, 0.717) is 22.3 Å². The fourth-order valence-corrected chi connectivity index (χ4v) is 4.52. The molecule has 158 valence electrons. The van der Waals surface area contributed by atoms with Gasteiger partial charge in [-0.25, -0.2) is 9.98 Å². The van der Waals surface area contributed by atoms with Gasteiger partial charge >= 0.3 is 0 Å². The first-order chi connectivity index (χ1) is 15.0. The Bertz CT molecular complexity index is 1260. The van der Waals surface area contributed by atoms with Crippen LogP contribution in [0.2, 0.25) is 10.0 Å². The molecular weight excluding hydrogens is 457 g/mol. The van der Waals surface area contributed by atoms with Crippen molar-refractivity contribution in [2.45, 2.75) is 19.5 Å². The maximum atomic E-state index is 11.0. The second kappa shape index (κ2) is 9.47. The first-order valence-electron chi connectivity index (χ1n) is 9.40. The Morgan fingerprint density at radius 3 is 2.61 bits per heavy atom. The van der Waals surface area contributed by atoms with Crippen LogP contribution in [0.25, 0.3) is 11.3 Å². The molecule has 0 aliphatic rings. The lowest BCUT2D eigenvalue weighted by atomic mass is 10.1. The van der Waals surface area contributed by atoms with Crippen LogP contribution in [0.15, 0.2) is 71.6 Å². The molecule has 0 bridgehead atoms. The van der Waals surface area contributed by atoms with Gasteiger partial charge in [0.2, 0.25) is 0 Å². The van der Waals surface area contributed by atoms with Crippen molar-refractivity contribution in [3.05, 3.63) is 91.5 Å². The van der Waals surface area contributed by atoms with E-state index >= 15 is 0 Å². The van der Waals surface area contributed by atoms with Crippen LogP contribution >= 0.6 is 34.5 Å². The van der Waals surface area contributed by atoms with Crippen LogP contribution in [0.5, 0.6) is 0 Å². The van der Waals surface area contributed by atoms with Crippen molar-refractivity contribution in [3.8, 4) is 11.3 Å². The second-order valence-electron chi connectivity index (χ2n) is 6.72. The van der Waals surface area contributed by atoms with Crippen molar-refractivity contribution >= 4 is 45.9 Å². The molecule has 0 fully saturated rings. The third kappa shape index (κ3) is 5.04. The van der Waals surface area contributed by atoms with Crippen LogP contribution < -0.4 is 4.80 Å². The van der Waals surface area contributed by atoms with E-state index in [-0.39, 0.29) is 5.69 Å². The molecule has 7 nitrogen and oxygen atoms in total. The zero-order valence-electron chi connectivity index (χ0n) is 16.2. The number of rotatable bonds is 7. The minimum atomic E-state index is -0.403. The standard InChI is InChI=1S/C21H17Cl2N5O2S/c22-16-4-7-19(18(23)12-16)25-21-27(10-1-9-26-11-8-24-14-26)20(13-31-21)15-2-5-17(6-3-15)28(29)30/h2-8,11-14H,1,9-10H2. The van der Waals surface area contributed by atoms with Gasteiger partial charge in [-0.1, -0.05) is 23.2 Å². The van der Waals surface area contributed by atoms with Crippen LogP contribution in [0, 0.1) is 10.1 Å². The Morgan fingerprint density at radius 2 is 1.94 bits per heavy atom. The minimum absolute atomic E-state index is 0.0588. The summed E-state index contributed by atoms with van der Waals surface area (Å²) in [7, 11) is 0. The molecule has 0 aliphatic carbocycles. The molecule has 4 aromatic rings. The summed E-state index contributed by atoms with van der Waals surface area (Å²) >= 11 is 13.8. The highest BCUT2D eigenvalue weighted by Gasteiger charge is 2.11. The number of thiazole rings is 1. The molecule has 0 saturated carbocycles. The molecule has 0 unspecified atom stereocenters. The summed E-state index contributed by atoms with van der Waals surface area (Å²) in [6, 6.07) is 11.7. The molecule has 0 saturated heterocycles. The average molecular weight is 474 g/mol. The van der Waals surface area contributed by atoms with Crippen LogP contribution in [0.4, 0.5) is 11.4 Å². The van der Waals surface area contributed by atoms with Gasteiger partial charge in [-0.2, -0.15) is 0 Å². The van der Waals surface area contributed by atoms with Gasteiger partial charge in [0.1, 0.15) is 0 Å². The zero-order valence-corrected chi connectivity index (χ0v) is 18.5. The van der Waals surface area contributed by atoms with Gasteiger partial charge in [-0.05, 0) is 42.3 Å². The summed E-state index contributed by atoms with van der Waals surface area (Å²) in [6.45, 7) is 1.52. The van der Waals surface area contributed by atoms with E-state index in [9.17, 15) is 10.1 Å². The Hall–Kier alpha value is -2.94. The number of nitro groups is 1. The molecule has 0 aliphatic heterocycles. The Balaban J connectivity index is 1.72. The SMILES string of the molecule is O=[N+]([O-])c1ccc(-c2csc(=Nc3ccc(Cl)cc3Cl)n2CCCn2ccnc2)cc1. The van der Waals surface area contributed by atoms with Crippen molar-refractivity contribution in [2.24, 2.45) is 4.99 Å². The van der Waals surface area contributed by atoms with Crippen molar-refractivity contribution in [1.29, 1.82) is 0 Å². The van der Waals surface area contributed by atoms with E-state index in [1.807, 2.05) is 16.1 Å². The van der Waals surface area contributed by atoms with Gasteiger partial charge in [0, 0.05) is 48.0 Å². The fraction of sp³-hybridized carbons (Fsp3) is 0.143. The number of hydrogen-bond donors (Lipinski definition) is 0. The Kier molecular flexibility index (Phi) is 6.50. The van der Waals surface area contributed by atoms with Gasteiger partial charge in [0.25, 0.3) is 5.69 Å². The summed E-state index contributed by atoms with van der Waals surface area (Å²) in [5, 5.41) is 14.0. The van der Waals surface area contributed by atoms with Gasteiger partial charge < -0.3 is 9.13 Å². The quantitative estimate of drug-likeness (QED) is 0.245. The number of nitrogens with zero attached hydrogens (tertiary/aromatic N) is 5. The van der Waals surface area contributed by atoms with E-state index in [2.05, 4.69) is 9.55 Å². The van der Waals surface area contributed by atoms with Crippen molar-refractivity contribution in [3.63, 3.8) is 0 Å². The number of nitro benzene ring substituents is 1. The maximum Gasteiger partial charge on any atom is 0.269 e. The predicted molar refractivity (Wildman–Crippen MR) is 123 cm³/mol. The number of non-ortho nitro benzene ring substituents is 1. The lowest BCUT2D eigenvalue weighted by molar-refractivity contribution is -0.384. The number of halogens is 2. The highest BCUT2D eigenvalue weighted by molar-refractivity contribution is 7.07. The largest absolute Gasteiger partial charge is 0.337 e. The highest BCUT2D eigenvalue weighted by atomic mass is 35.5. The van der Waals surface area contributed by atoms with Gasteiger partial charge in [-0.3, -0.25) is 10.1 Å². The molecule has 0 radical (unpaired) electrons. The predicted octanol–water partition coefficient (Wildman–Crippen LogP) is 5.95. The third-order valence-corrected chi connectivity index (χ3v) is 6.06. The van der Waals surface area contributed by atoms with Crippen molar-refractivity contribution in [2.75, 3.05) is 0 Å². The first-order valence-corrected chi connectivity index (χ1v) is 11.0. The summed E-state index contributed by atoms with van der Waals surface area (Å²) < 4.78 is 4.12. The van der Waals surface area contributed by atoms with Crippen molar-refractivity contribution < 1.29 is 4.92 Å². The topological polar surface area (TPSA) is 78.2 Å². The summed E-state index contributed by atoms with van der Waals surface area (Å²) in [4.78, 5) is 20.2. The lowest BCUT2D eigenvalue weighted by Gasteiger charge is -2.10. The number of imidazole rings is 1. The molecule has 0 amide bonds. The third-order valence-electron chi connectivity index (χ3n) is 4.65. The lowest BCUT2D eigenvalue weighted by Crippen LogP contribution is -2.17. The van der Waals surface area contributed by atoms with Gasteiger partial charge in [-0.15, -0.1) is 11.3 Å². The van der Waals surface area contributed by atoms with Crippen molar-refractivity contribution in [1.82, 2.24) is 14.1 Å². The summed E-state index contributed by atoms with van der Waals surface area (Å²) in [5.74, 6) is 0. The van der Waals surface area contributed by atoms with Crippen LogP contribution in [0.1, 0.15) is 6.42 Å². The molecule has 4 rings (SSSR count). The second-order valence-corrected chi connectivity index (χ2v) is 8.40. The molecular formula is C21H17Cl2N5O2S. The Labute approximate surface area is 192 Å². The first kappa shape index (κ1) is 21.3. The van der Waals surface area contributed by atoms with Crippen LogP contribution in [-0.2, 0) is 13.1 Å². The van der Waals surface area contributed by atoms with E-state index in [0.717, 1.165) is 29.0 Å². The van der Waals surface area contributed by atoms with E-state index in [1.165, 1.54) is 23.5 Å². The zero-order chi connectivity index (χ0) is 21.8. The number of aromatic nitrogens is 3. The van der Waals surface area contributed by atoms with Crippen LogP contribution in [-0.4, -0.2) is 19.0 Å². The van der Waals surface area contributed by atoms with E-state index in [4.69, 9.17) is 28.2 Å². The normalized spacial score (nSPS) is 11.7. The summed E-state index contributed by atoms with van der Waals surface area (Å²) in [6.07, 6.45) is 6.32. The fourth-order valence-electron chi connectivity index (χ4n) is 3.12. The molecule has 2 aromatic carbocycles. The van der Waals surface area contributed by atoms with Gasteiger partial charge in [0.05, 0.1) is 27.7 Å². The van der Waals surface area contributed by atoms with E-state index < -0.39 is 4.92 Å². The highest BCUT2D eigenvalue weighted by Crippen LogP contribution is 2.28. The molecule has 0 spiro atoms. The average Bonchev–Trinajstić information content (AvgIpc) is 3.41. The molecule has 0 atom stereocenters.